The van der Waals surface area contributed by atoms with Crippen LogP contribution in [0.5, 0.6) is 0 Å². The van der Waals surface area contributed by atoms with Crippen LogP contribution in [0.25, 0.3) is 0 Å². The summed E-state index contributed by atoms with van der Waals surface area (Å²) in [6.07, 6.45) is 0.111. The third-order valence-corrected chi connectivity index (χ3v) is 0.289. The second-order valence-electron chi connectivity index (χ2n) is 0.726. The van der Waals surface area contributed by atoms with E-state index in [1.54, 1.807) is 0 Å². The summed E-state index contributed by atoms with van der Waals surface area (Å²) in [6.45, 7) is 1.54. The average Bonchev–Trinajstić information content (AvgIpc) is 1.38. The van der Waals surface area contributed by atoms with Gasteiger partial charge in [0.25, 0.3) is 0 Å². The number of carboxylic acids is 1. The Hall–Kier alpha value is 2.11. The van der Waals surface area contributed by atoms with Crippen molar-refractivity contribution >= 4 is 57.4 Å². The fourth-order valence-corrected chi connectivity index (χ4v) is 0. The fourth-order valence-electron chi connectivity index (χ4n) is 0. The molecule has 0 saturated carbocycles. The van der Waals surface area contributed by atoms with E-state index < -0.39 is 5.97 Å². The number of aliphatic carboxylic acids is 1. The van der Waals surface area contributed by atoms with E-state index in [2.05, 4.69) is 0 Å². The van der Waals surface area contributed by atoms with Crippen LogP contribution in [0.3, 0.4) is 0 Å². The number of carbonyl (C=O) groups excluding carboxylic acids is 1. The quantitative estimate of drug-likeness (QED) is 0.341. The largest absolute Gasteiger partial charge is 1.00 e. The maximum absolute atomic E-state index is 9.26. The molecule has 0 aromatic rings. The monoisotopic (exact) mass is 136 g/mol. The van der Waals surface area contributed by atoms with Crippen molar-refractivity contribution in [3.8, 4) is 0 Å². The molecule has 0 unspecified atom stereocenters. The maximum Gasteiger partial charge on any atom is 1.00 e. The van der Waals surface area contributed by atoms with Crippen LogP contribution < -0.4 is 34.7 Å². The molecular formula is C3H6KNaO2. The minimum absolute atomic E-state index is 0. The molecule has 2 nitrogen and oxygen atoms in total. The first-order valence-corrected chi connectivity index (χ1v) is 1.47. The maximum atomic E-state index is 9.26. The Morgan fingerprint density at radius 2 is 1.86 bits per heavy atom. The predicted octanol–water partition coefficient (Wildman–Crippen LogP) is -4.50. The Balaban J connectivity index is -0.0000000800. The van der Waals surface area contributed by atoms with Gasteiger partial charge in [-0.2, -0.15) is 0 Å². The second-order valence-corrected chi connectivity index (χ2v) is 0.726. The van der Waals surface area contributed by atoms with Crippen LogP contribution in [0.2, 0.25) is 0 Å². The summed E-state index contributed by atoms with van der Waals surface area (Å²) < 4.78 is 0. The molecule has 0 rings (SSSR count). The Morgan fingerprint density at radius 1 is 1.71 bits per heavy atom. The van der Waals surface area contributed by atoms with Crippen molar-refractivity contribution < 1.29 is 39.5 Å². The van der Waals surface area contributed by atoms with E-state index in [1.165, 1.54) is 6.92 Å². The zero-order chi connectivity index (χ0) is 4.28. The van der Waals surface area contributed by atoms with Crippen LogP contribution in [0, 0.1) is 0 Å². The summed E-state index contributed by atoms with van der Waals surface area (Å²) in [4.78, 5) is 9.26. The Bertz CT molecular complexity index is 48.2. The van der Waals surface area contributed by atoms with E-state index in [0.717, 1.165) is 0 Å². The van der Waals surface area contributed by atoms with E-state index in [9.17, 15) is 9.90 Å². The molecule has 0 aliphatic carbocycles. The van der Waals surface area contributed by atoms with Crippen molar-refractivity contribution in [2.24, 2.45) is 0 Å². The number of carboxylic acid groups (broad SMARTS) is 1. The molecule has 0 spiro atoms. The van der Waals surface area contributed by atoms with E-state index >= 15 is 0 Å². The second kappa shape index (κ2) is 11.0. The van der Waals surface area contributed by atoms with Gasteiger partial charge in [-0.15, -0.1) is 0 Å². The molecule has 0 radical (unpaired) electrons. The fraction of sp³-hybridized carbons (Fsp3) is 0.667. The molecule has 0 bridgehead atoms. The van der Waals surface area contributed by atoms with E-state index in [-0.39, 0.29) is 87.4 Å². The normalized spacial score (nSPS) is 5.29. The van der Waals surface area contributed by atoms with Gasteiger partial charge in [0, 0.05) is 5.97 Å². The molecule has 0 aromatic heterocycles. The van der Waals surface area contributed by atoms with Crippen molar-refractivity contribution in [1.82, 2.24) is 0 Å². The number of carbonyl (C=O) groups is 1. The van der Waals surface area contributed by atoms with Gasteiger partial charge in [0.2, 0.25) is 0 Å². The summed E-state index contributed by atoms with van der Waals surface area (Å²) in [7, 11) is 0. The molecular weight excluding hydrogens is 130 g/mol. The Kier molecular flexibility index (Phi) is 25.2. The Labute approximate surface area is 108 Å². The van der Waals surface area contributed by atoms with E-state index in [4.69, 9.17) is 0 Å². The minimum atomic E-state index is -0.995. The zero-order valence-corrected chi connectivity index (χ0v) is 6.02. The summed E-state index contributed by atoms with van der Waals surface area (Å²) in [5, 5.41) is 9.26. The smallest absolute Gasteiger partial charge is 1.00 e. The van der Waals surface area contributed by atoms with Crippen LogP contribution in [-0.2, 0) is 4.79 Å². The first-order valence-electron chi connectivity index (χ1n) is 1.47. The van der Waals surface area contributed by atoms with Crippen LogP contribution in [0.1, 0.15) is 13.3 Å². The van der Waals surface area contributed by atoms with Gasteiger partial charge in [0.15, 0.2) is 0 Å². The average molecular weight is 136 g/mol. The van der Waals surface area contributed by atoms with Gasteiger partial charge < -0.3 is 9.90 Å². The van der Waals surface area contributed by atoms with Gasteiger partial charge in [-0.3, -0.25) is 0 Å². The van der Waals surface area contributed by atoms with Gasteiger partial charge in [-0.25, -0.2) is 0 Å². The summed E-state index contributed by atoms with van der Waals surface area (Å²) in [5.41, 5.74) is 0. The van der Waals surface area contributed by atoms with Crippen molar-refractivity contribution in [3.63, 3.8) is 0 Å². The number of rotatable bonds is 1. The molecule has 0 saturated heterocycles. The molecule has 32 valence electrons. The van der Waals surface area contributed by atoms with Crippen LogP contribution in [0.15, 0.2) is 0 Å². The first kappa shape index (κ1) is 16.0. The predicted molar refractivity (Wildman–Crippen MR) is 22.4 cm³/mol. The molecule has 0 aromatic carbocycles. The van der Waals surface area contributed by atoms with Crippen LogP contribution in [0.4, 0.5) is 0 Å². The Morgan fingerprint density at radius 3 is 1.86 bits per heavy atom. The van der Waals surface area contributed by atoms with Gasteiger partial charge in [0.1, 0.15) is 0 Å². The standard InChI is InChI=1S/C3H6O2.K.Na.H/c1-2-3(4)5;;;/h2H2,1H3,(H,4,5);;;/q;;+1;/p-1. The van der Waals surface area contributed by atoms with Crippen LogP contribution >= 0.6 is 0 Å². The molecule has 0 atom stereocenters. The van der Waals surface area contributed by atoms with Gasteiger partial charge >= 0.3 is 80.9 Å². The number of hydrogen-bond donors (Lipinski definition) is 0. The third-order valence-electron chi connectivity index (χ3n) is 0.289. The van der Waals surface area contributed by atoms with Crippen molar-refractivity contribution in [1.29, 1.82) is 0 Å². The summed E-state index contributed by atoms with van der Waals surface area (Å²) in [5.74, 6) is -0.995. The number of hydrogen-bond acceptors (Lipinski definition) is 2. The molecule has 0 aliphatic rings. The molecule has 7 heavy (non-hydrogen) atoms. The molecule has 0 aliphatic heterocycles. The molecule has 0 N–H and O–H groups in total. The molecule has 4 heteroatoms. The van der Waals surface area contributed by atoms with Gasteiger partial charge in [-0.1, -0.05) is 6.92 Å². The molecule has 0 heterocycles. The van der Waals surface area contributed by atoms with Crippen molar-refractivity contribution in [3.05, 3.63) is 0 Å². The zero-order valence-electron chi connectivity index (χ0n) is 4.02. The van der Waals surface area contributed by atoms with E-state index in [0.29, 0.717) is 0 Å². The topological polar surface area (TPSA) is 40.1 Å². The summed E-state index contributed by atoms with van der Waals surface area (Å²) in [6, 6.07) is 0. The molecule has 0 amide bonds. The van der Waals surface area contributed by atoms with E-state index in [1.807, 2.05) is 0 Å². The van der Waals surface area contributed by atoms with Crippen molar-refractivity contribution in [2.75, 3.05) is 0 Å². The third kappa shape index (κ3) is 17.9. The minimum Gasteiger partial charge on any atom is 1.00 e. The first-order chi connectivity index (χ1) is 2.27. The van der Waals surface area contributed by atoms with Gasteiger partial charge in [0.05, 0.1) is 0 Å². The molecule has 0 fully saturated rings. The van der Waals surface area contributed by atoms with Gasteiger partial charge in [-0.05, 0) is 6.42 Å². The van der Waals surface area contributed by atoms with Crippen molar-refractivity contribution in [2.45, 2.75) is 13.3 Å². The van der Waals surface area contributed by atoms with Crippen LogP contribution in [-0.4, -0.2) is 57.4 Å². The summed E-state index contributed by atoms with van der Waals surface area (Å²) >= 11 is 0. The SMILES string of the molecule is CCC(=O)[O-].[KH].[Na+].